The maximum absolute atomic E-state index is 11.8. The summed E-state index contributed by atoms with van der Waals surface area (Å²) in [5.41, 5.74) is 5.92. The highest BCUT2D eigenvalue weighted by atomic mass is 16.2. The molecule has 0 aliphatic rings. The molecule has 4 heteroatoms. The lowest BCUT2D eigenvalue weighted by Gasteiger charge is -2.25. The molecule has 1 aromatic rings. The van der Waals surface area contributed by atoms with Gasteiger partial charge in [-0.15, -0.1) is 0 Å². The van der Waals surface area contributed by atoms with Gasteiger partial charge in [0, 0.05) is 31.9 Å². The fraction of sp³-hybridized carbons (Fsp3) is 0.500. The molecule has 0 atom stereocenters. The van der Waals surface area contributed by atoms with Crippen LogP contribution in [0, 0.1) is 0 Å². The van der Waals surface area contributed by atoms with Gasteiger partial charge in [-0.2, -0.15) is 0 Å². The summed E-state index contributed by atoms with van der Waals surface area (Å²) < 4.78 is 0. The van der Waals surface area contributed by atoms with E-state index in [0.29, 0.717) is 6.54 Å². The summed E-state index contributed by atoms with van der Waals surface area (Å²) in [7, 11) is 1.76. The Labute approximate surface area is 96.5 Å². The Morgan fingerprint density at radius 3 is 2.69 bits per heavy atom. The summed E-state index contributed by atoms with van der Waals surface area (Å²) >= 11 is 0. The van der Waals surface area contributed by atoms with Crippen LogP contribution in [0.4, 0.5) is 0 Å². The van der Waals surface area contributed by atoms with Crippen molar-refractivity contribution in [1.29, 1.82) is 0 Å². The molecule has 88 valence electrons. The predicted octanol–water partition coefficient (Wildman–Crippen LogP) is 0.820. The number of amides is 1. The number of likely N-dealkylation sites (N-methyl/N-ethyl adjacent to an activating group) is 1. The lowest BCUT2D eigenvalue weighted by molar-refractivity contribution is -0.134. The Morgan fingerprint density at radius 2 is 2.19 bits per heavy atom. The van der Waals surface area contributed by atoms with Crippen LogP contribution in [-0.2, 0) is 11.2 Å². The highest BCUT2D eigenvalue weighted by molar-refractivity contribution is 5.84. The number of nitrogens with zero attached hydrogens (tertiary/aromatic N) is 2. The van der Waals surface area contributed by atoms with Crippen LogP contribution in [0.15, 0.2) is 24.4 Å². The average molecular weight is 221 g/mol. The molecule has 0 spiro atoms. The number of nitrogens with two attached hydrogens (primary N) is 1. The maximum Gasteiger partial charge on any atom is 0.241 e. The number of carbonyl (C=O) groups excluding carboxylic acids is 1. The molecule has 2 N–H and O–H groups in total. The molecule has 0 fully saturated rings. The standard InChI is InChI=1S/C12H19N3O/c1-12(2,13)11(16)15(3)9-7-10-6-4-5-8-14-10/h4-6,8H,7,9,13H2,1-3H3. The first-order valence-electron chi connectivity index (χ1n) is 5.35. The Bertz CT molecular complexity index is 343. The van der Waals surface area contributed by atoms with Crippen molar-refractivity contribution in [3.05, 3.63) is 30.1 Å². The van der Waals surface area contributed by atoms with Gasteiger partial charge in [-0.25, -0.2) is 0 Å². The third-order valence-electron chi connectivity index (χ3n) is 2.33. The lowest BCUT2D eigenvalue weighted by atomic mass is 10.1. The summed E-state index contributed by atoms with van der Waals surface area (Å²) in [5.74, 6) is -0.0524. The van der Waals surface area contributed by atoms with Crippen molar-refractivity contribution in [2.24, 2.45) is 5.73 Å². The molecular formula is C12H19N3O. The van der Waals surface area contributed by atoms with Crippen molar-refractivity contribution in [2.75, 3.05) is 13.6 Å². The summed E-state index contributed by atoms with van der Waals surface area (Å²) in [4.78, 5) is 17.6. The lowest BCUT2D eigenvalue weighted by Crippen LogP contribution is -2.50. The van der Waals surface area contributed by atoms with Gasteiger partial charge in [0.25, 0.3) is 0 Å². The molecule has 16 heavy (non-hydrogen) atoms. The molecule has 0 radical (unpaired) electrons. The molecule has 0 aliphatic carbocycles. The zero-order valence-corrected chi connectivity index (χ0v) is 10.1. The Hall–Kier alpha value is -1.42. The fourth-order valence-electron chi connectivity index (χ4n) is 1.42. The minimum absolute atomic E-state index is 0.0524. The summed E-state index contributed by atoms with van der Waals surface area (Å²) in [6.07, 6.45) is 2.50. The van der Waals surface area contributed by atoms with E-state index in [9.17, 15) is 4.79 Å². The highest BCUT2D eigenvalue weighted by Gasteiger charge is 2.25. The Balaban J connectivity index is 2.48. The van der Waals surface area contributed by atoms with Crippen molar-refractivity contribution in [1.82, 2.24) is 9.88 Å². The van der Waals surface area contributed by atoms with E-state index in [0.717, 1.165) is 12.1 Å². The summed E-state index contributed by atoms with van der Waals surface area (Å²) in [6, 6.07) is 5.77. The second kappa shape index (κ2) is 5.07. The van der Waals surface area contributed by atoms with E-state index in [1.54, 1.807) is 32.0 Å². The molecule has 1 rings (SSSR count). The number of aromatic nitrogens is 1. The fourth-order valence-corrected chi connectivity index (χ4v) is 1.42. The first kappa shape index (κ1) is 12.6. The number of hydrogen-bond donors (Lipinski definition) is 1. The third kappa shape index (κ3) is 3.62. The van der Waals surface area contributed by atoms with Gasteiger partial charge in [-0.05, 0) is 26.0 Å². The summed E-state index contributed by atoms with van der Waals surface area (Å²) in [5, 5.41) is 0. The largest absolute Gasteiger partial charge is 0.344 e. The van der Waals surface area contributed by atoms with Crippen LogP contribution in [0.25, 0.3) is 0 Å². The normalized spacial score (nSPS) is 11.2. The number of rotatable bonds is 4. The highest BCUT2D eigenvalue weighted by Crippen LogP contribution is 2.04. The quantitative estimate of drug-likeness (QED) is 0.819. The van der Waals surface area contributed by atoms with Crippen LogP contribution in [0.1, 0.15) is 19.5 Å². The Morgan fingerprint density at radius 1 is 1.50 bits per heavy atom. The average Bonchev–Trinajstić information content (AvgIpc) is 2.25. The molecule has 0 bridgehead atoms. The van der Waals surface area contributed by atoms with Gasteiger partial charge >= 0.3 is 0 Å². The second-order valence-electron chi connectivity index (χ2n) is 4.52. The van der Waals surface area contributed by atoms with Crippen molar-refractivity contribution in [3.63, 3.8) is 0 Å². The SMILES string of the molecule is CN(CCc1ccccn1)C(=O)C(C)(C)N. The van der Waals surface area contributed by atoms with Crippen LogP contribution in [0.2, 0.25) is 0 Å². The summed E-state index contributed by atoms with van der Waals surface area (Å²) in [6.45, 7) is 4.07. The van der Waals surface area contributed by atoms with E-state index in [4.69, 9.17) is 5.73 Å². The molecule has 0 saturated heterocycles. The molecule has 0 saturated carbocycles. The molecule has 1 heterocycles. The van der Waals surface area contributed by atoms with E-state index >= 15 is 0 Å². The van der Waals surface area contributed by atoms with Crippen molar-refractivity contribution < 1.29 is 4.79 Å². The molecule has 1 aromatic heterocycles. The first-order valence-corrected chi connectivity index (χ1v) is 5.35. The first-order chi connectivity index (χ1) is 7.41. The maximum atomic E-state index is 11.8. The number of carbonyl (C=O) groups is 1. The molecule has 0 aromatic carbocycles. The Kier molecular flexibility index (Phi) is 4.01. The molecule has 0 aliphatic heterocycles. The van der Waals surface area contributed by atoms with Crippen LogP contribution < -0.4 is 5.73 Å². The van der Waals surface area contributed by atoms with Gasteiger partial charge in [0.2, 0.25) is 5.91 Å². The molecule has 4 nitrogen and oxygen atoms in total. The van der Waals surface area contributed by atoms with Crippen LogP contribution in [0.3, 0.4) is 0 Å². The van der Waals surface area contributed by atoms with Gasteiger partial charge in [0.05, 0.1) is 5.54 Å². The topological polar surface area (TPSA) is 59.2 Å². The zero-order chi connectivity index (χ0) is 12.2. The molecular weight excluding hydrogens is 202 g/mol. The van der Waals surface area contributed by atoms with Crippen molar-refractivity contribution >= 4 is 5.91 Å². The minimum Gasteiger partial charge on any atom is -0.344 e. The van der Waals surface area contributed by atoms with Gasteiger partial charge in [0.15, 0.2) is 0 Å². The predicted molar refractivity (Wildman–Crippen MR) is 63.8 cm³/mol. The molecule has 1 amide bonds. The van der Waals surface area contributed by atoms with Crippen LogP contribution in [-0.4, -0.2) is 34.9 Å². The van der Waals surface area contributed by atoms with Crippen molar-refractivity contribution in [3.8, 4) is 0 Å². The van der Waals surface area contributed by atoms with Gasteiger partial charge < -0.3 is 10.6 Å². The van der Waals surface area contributed by atoms with Gasteiger partial charge in [-0.1, -0.05) is 6.07 Å². The van der Waals surface area contributed by atoms with E-state index in [1.807, 2.05) is 18.2 Å². The third-order valence-corrected chi connectivity index (χ3v) is 2.33. The van der Waals surface area contributed by atoms with E-state index in [1.165, 1.54) is 0 Å². The zero-order valence-electron chi connectivity index (χ0n) is 10.1. The number of pyridine rings is 1. The van der Waals surface area contributed by atoms with Crippen LogP contribution >= 0.6 is 0 Å². The van der Waals surface area contributed by atoms with Gasteiger partial charge in [-0.3, -0.25) is 9.78 Å². The van der Waals surface area contributed by atoms with Gasteiger partial charge in [0.1, 0.15) is 0 Å². The van der Waals surface area contributed by atoms with E-state index in [2.05, 4.69) is 4.98 Å². The van der Waals surface area contributed by atoms with Crippen molar-refractivity contribution in [2.45, 2.75) is 25.8 Å². The van der Waals surface area contributed by atoms with Crippen LogP contribution in [0.5, 0.6) is 0 Å². The smallest absolute Gasteiger partial charge is 0.241 e. The second-order valence-corrected chi connectivity index (χ2v) is 4.52. The molecule has 0 unspecified atom stereocenters. The monoisotopic (exact) mass is 221 g/mol. The number of hydrogen-bond acceptors (Lipinski definition) is 3. The van der Waals surface area contributed by atoms with E-state index in [-0.39, 0.29) is 5.91 Å². The minimum atomic E-state index is -0.807. The van der Waals surface area contributed by atoms with E-state index < -0.39 is 5.54 Å².